The second kappa shape index (κ2) is 6.63. The van der Waals surface area contributed by atoms with Crippen LogP contribution in [0.2, 0.25) is 0 Å². The summed E-state index contributed by atoms with van der Waals surface area (Å²) in [5.41, 5.74) is 1.37. The number of fused-ring (bicyclic) bond motifs is 1. The summed E-state index contributed by atoms with van der Waals surface area (Å²) in [7, 11) is 1.69. The molecule has 0 spiro atoms. The predicted octanol–water partition coefficient (Wildman–Crippen LogP) is 1.46. The molecule has 2 aromatic heterocycles. The fraction of sp³-hybridized carbons (Fsp3) is 0.467. The van der Waals surface area contributed by atoms with Crippen molar-refractivity contribution in [3.63, 3.8) is 0 Å². The first-order valence-electron chi connectivity index (χ1n) is 6.81. The van der Waals surface area contributed by atoms with Gasteiger partial charge in [-0.05, 0) is 18.1 Å². The molecule has 0 bridgehead atoms. The molecule has 0 radical (unpaired) electrons. The maximum absolute atomic E-state index is 12.0. The first-order valence-corrected chi connectivity index (χ1v) is 6.81. The quantitative estimate of drug-likeness (QED) is 0.867. The highest BCUT2D eigenvalue weighted by Crippen LogP contribution is 2.04. The van der Waals surface area contributed by atoms with Gasteiger partial charge in [-0.25, -0.2) is 4.98 Å². The Hall–Kier alpha value is -1.72. The first kappa shape index (κ1) is 14.7. The minimum atomic E-state index is -0.0553. The van der Waals surface area contributed by atoms with Gasteiger partial charge in [0.25, 0.3) is 5.56 Å². The maximum atomic E-state index is 12.0. The fourth-order valence-corrected chi connectivity index (χ4v) is 2.10. The second-order valence-electron chi connectivity index (χ2n) is 5.20. The van der Waals surface area contributed by atoms with Gasteiger partial charge >= 0.3 is 0 Å². The van der Waals surface area contributed by atoms with Crippen LogP contribution in [0.25, 0.3) is 5.65 Å². The van der Waals surface area contributed by atoms with E-state index in [0.29, 0.717) is 24.7 Å². The van der Waals surface area contributed by atoms with E-state index < -0.39 is 0 Å². The number of pyridine rings is 1. The highest BCUT2D eigenvalue weighted by atomic mass is 16.5. The third-order valence-corrected chi connectivity index (χ3v) is 3.32. The van der Waals surface area contributed by atoms with Crippen molar-refractivity contribution in [1.29, 1.82) is 0 Å². The summed E-state index contributed by atoms with van der Waals surface area (Å²) in [5, 5.41) is 3.39. The Morgan fingerprint density at radius 1 is 1.40 bits per heavy atom. The minimum absolute atomic E-state index is 0.0553. The van der Waals surface area contributed by atoms with Crippen molar-refractivity contribution < 1.29 is 4.74 Å². The highest BCUT2D eigenvalue weighted by Gasteiger charge is 2.13. The Morgan fingerprint density at radius 2 is 2.20 bits per heavy atom. The van der Waals surface area contributed by atoms with Crippen LogP contribution in [0.1, 0.15) is 19.5 Å². The van der Waals surface area contributed by atoms with Gasteiger partial charge < -0.3 is 10.1 Å². The molecule has 0 saturated heterocycles. The summed E-state index contributed by atoms with van der Waals surface area (Å²) in [6.45, 7) is 5.48. The van der Waals surface area contributed by atoms with Crippen molar-refractivity contribution in [1.82, 2.24) is 14.7 Å². The topological polar surface area (TPSA) is 55.6 Å². The molecule has 5 nitrogen and oxygen atoms in total. The Labute approximate surface area is 118 Å². The van der Waals surface area contributed by atoms with E-state index in [1.165, 1.54) is 0 Å². The molecule has 2 rings (SSSR count). The van der Waals surface area contributed by atoms with E-state index in [4.69, 9.17) is 4.74 Å². The highest BCUT2D eigenvalue weighted by molar-refractivity contribution is 5.37. The standard InChI is InChI=1S/C15H21N3O2/c1-11(2)13(10-20-3)16-9-12-8-15(19)18-7-5-4-6-14(18)17-12/h4-8,11,13,16H,9-10H2,1-3H3. The molecule has 0 saturated carbocycles. The van der Waals surface area contributed by atoms with Crippen molar-refractivity contribution in [3.8, 4) is 0 Å². The Kier molecular flexibility index (Phi) is 4.87. The van der Waals surface area contributed by atoms with Crippen molar-refractivity contribution >= 4 is 5.65 Å². The molecule has 1 unspecified atom stereocenters. The molecular weight excluding hydrogens is 254 g/mol. The van der Waals surface area contributed by atoms with E-state index in [0.717, 1.165) is 5.69 Å². The molecule has 1 atom stereocenters. The number of methoxy groups -OCH3 is 1. The van der Waals surface area contributed by atoms with Gasteiger partial charge in [-0.3, -0.25) is 9.20 Å². The maximum Gasteiger partial charge on any atom is 0.258 e. The van der Waals surface area contributed by atoms with Crippen LogP contribution in [0.5, 0.6) is 0 Å². The average molecular weight is 275 g/mol. The Morgan fingerprint density at radius 3 is 2.90 bits per heavy atom. The van der Waals surface area contributed by atoms with Crippen LogP contribution in [0.15, 0.2) is 35.3 Å². The molecular formula is C15H21N3O2. The first-order chi connectivity index (χ1) is 9.61. The van der Waals surface area contributed by atoms with Gasteiger partial charge in [0.05, 0.1) is 12.3 Å². The lowest BCUT2D eigenvalue weighted by Gasteiger charge is -2.21. The van der Waals surface area contributed by atoms with Gasteiger partial charge in [0.1, 0.15) is 5.65 Å². The SMILES string of the molecule is COCC(NCc1cc(=O)n2ccccc2n1)C(C)C. The van der Waals surface area contributed by atoms with Crippen LogP contribution in [-0.2, 0) is 11.3 Å². The van der Waals surface area contributed by atoms with Crippen LogP contribution >= 0.6 is 0 Å². The number of aromatic nitrogens is 2. The monoisotopic (exact) mass is 275 g/mol. The molecule has 2 heterocycles. The summed E-state index contributed by atoms with van der Waals surface area (Å²) in [5.74, 6) is 0.455. The van der Waals surface area contributed by atoms with E-state index in [1.54, 1.807) is 23.8 Å². The number of hydrogen-bond acceptors (Lipinski definition) is 4. The molecule has 0 aromatic carbocycles. The third kappa shape index (κ3) is 3.43. The lowest BCUT2D eigenvalue weighted by atomic mass is 10.1. The lowest BCUT2D eigenvalue weighted by Crippen LogP contribution is -2.37. The summed E-state index contributed by atoms with van der Waals surface area (Å²) in [4.78, 5) is 16.5. The molecule has 0 aliphatic carbocycles. The summed E-state index contributed by atoms with van der Waals surface area (Å²) in [6, 6.07) is 7.35. The third-order valence-electron chi connectivity index (χ3n) is 3.32. The van der Waals surface area contributed by atoms with Crippen LogP contribution in [0.3, 0.4) is 0 Å². The zero-order valence-electron chi connectivity index (χ0n) is 12.2. The van der Waals surface area contributed by atoms with E-state index >= 15 is 0 Å². The van der Waals surface area contributed by atoms with Crippen molar-refractivity contribution in [2.75, 3.05) is 13.7 Å². The Bertz CT molecular complexity index is 622. The average Bonchev–Trinajstić information content (AvgIpc) is 2.43. The van der Waals surface area contributed by atoms with Gasteiger partial charge in [-0.1, -0.05) is 19.9 Å². The molecule has 5 heteroatoms. The molecule has 108 valence electrons. The molecule has 0 amide bonds. The normalized spacial score (nSPS) is 13.0. The molecule has 0 fully saturated rings. The van der Waals surface area contributed by atoms with Crippen LogP contribution < -0.4 is 10.9 Å². The number of nitrogens with one attached hydrogen (secondary N) is 1. The molecule has 2 aromatic rings. The van der Waals surface area contributed by atoms with Gasteiger partial charge in [0.15, 0.2) is 0 Å². The van der Waals surface area contributed by atoms with Crippen molar-refractivity contribution in [3.05, 3.63) is 46.5 Å². The second-order valence-corrected chi connectivity index (χ2v) is 5.20. The van der Waals surface area contributed by atoms with Crippen molar-refractivity contribution in [2.45, 2.75) is 26.4 Å². The smallest absolute Gasteiger partial charge is 0.258 e. The molecule has 0 aliphatic heterocycles. The predicted molar refractivity (Wildman–Crippen MR) is 78.8 cm³/mol. The number of rotatable bonds is 6. The fourth-order valence-electron chi connectivity index (χ4n) is 2.10. The minimum Gasteiger partial charge on any atom is -0.383 e. The van der Waals surface area contributed by atoms with Gasteiger partial charge in [-0.15, -0.1) is 0 Å². The Balaban J connectivity index is 2.15. The van der Waals surface area contributed by atoms with Gasteiger partial charge in [-0.2, -0.15) is 0 Å². The zero-order valence-corrected chi connectivity index (χ0v) is 12.2. The lowest BCUT2D eigenvalue weighted by molar-refractivity contribution is 0.146. The number of ether oxygens (including phenoxy) is 1. The van der Waals surface area contributed by atoms with E-state index in [2.05, 4.69) is 24.1 Å². The van der Waals surface area contributed by atoms with Crippen LogP contribution in [0.4, 0.5) is 0 Å². The van der Waals surface area contributed by atoms with E-state index in [1.807, 2.05) is 18.2 Å². The largest absolute Gasteiger partial charge is 0.383 e. The zero-order chi connectivity index (χ0) is 14.5. The summed E-state index contributed by atoms with van der Waals surface area (Å²) in [6.07, 6.45) is 1.73. The van der Waals surface area contributed by atoms with Crippen LogP contribution in [0, 0.1) is 5.92 Å². The van der Waals surface area contributed by atoms with Gasteiger partial charge in [0.2, 0.25) is 0 Å². The van der Waals surface area contributed by atoms with Gasteiger partial charge in [0, 0.05) is 32.0 Å². The summed E-state index contributed by atoms with van der Waals surface area (Å²) >= 11 is 0. The molecule has 0 aliphatic rings. The van der Waals surface area contributed by atoms with Crippen molar-refractivity contribution in [2.24, 2.45) is 5.92 Å². The molecule has 1 N–H and O–H groups in total. The van der Waals surface area contributed by atoms with E-state index in [-0.39, 0.29) is 11.6 Å². The summed E-state index contributed by atoms with van der Waals surface area (Å²) < 4.78 is 6.74. The molecule has 20 heavy (non-hydrogen) atoms. The number of hydrogen-bond donors (Lipinski definition) is 1. The van der Waals surface area contributed by atoms with Crippen LogP contribution in [-0.4, -0.2) is 29.1 Å². The number of nitrogens with zero attached hydrogens (tertiary/aromatic N) is 2. The van der Waals surface area contributed by atoms with E-state index in [9.17, 15) is 4.79 Å².